The smallest absolute Gasteiger partial charge is 0.265 e. The second-order valence-electron chi connectivity index (χ2n) is 11.6. The van der Waals surface area contributed by atoms with Crippen LogP contribution in [0, 0.1) is 23.2 Å². The normalized spacial score (nSPS) is 32.9. The molecule has 9 heteroatoms. The van der Waals surface area contributed by atoms with Crippen LogP contribution in [0.4, 0.5) is 5.69 Å². The van der Waals surface area contributed by atoms with Crippen molar-refractivity contribution in [3.63, 3.8) is 0 Å². The summed E-state index contributed by atoms with van der Waals surface area (Å²) in [6.07, 6.45) is 9.32. The number of carbonyl (C=O) groups excluding carboxylic acids is 2. The number of hydrogen-bond donors (Lipinski definition) is 1. The van der Waals surface area contributed by atoms with Crippen LogP contribution in [0.15, 0.2) is 23.1 Å². The van der Waals surface area contributed by atoms with Crippen molar-refractivity contribution < 1.29 is 22.7 Å². The number of nitrogens with zero attached hydrogens (tertiary/aromatic N) is 2. The summed E-state index contributed by atoms with van der Waals surface area (Å²) in [5.74, 6) is 2.26. The summed E-state index contributed by atoms with van der Waals surface area (Å²) in [5.41, 5.74) is 0.521. The molecule has 4 aliphatic carbocycles. The fourth-order valence-electron chi connectivity index (χ4n) is 7.89. The van der Waals surface area contributed by atoms with E-state index in [2.05, 4.69) is 12.2 Å². The monoisotopic (exact) mass is 501 g/mol. The fraction of sp³-hybridized carbons (Fsp3) is 0.692. The Hall–Kier alpha value is -2.13. The van der Waals surface area contributed by atoms with Crippen LogP contribution in [-0.4, -0.2) is 56.8 Å². The Bertz CT molecular complexity index is 1110. The molecule has 4 saturated carbocycles. The molecule has 4 bridgehead atoms. The number of anilines is 1. The van der Waals surface area contributed by atoms with Gasteiger partial charge >= 0.3 is 0 Å². The third-order valence-corrected chi connectivity index (χ3v) is 11.2. The van der Waals surface area contributed by atoms with Gasteiger partial charge in [-0.15, -0.1) is 0 Å². The lowest BCUT2D eigenvalue weighted by Gasteiger charge is -2.59. The molecule has 5 fully saturated rings. The fourth-order valence-corrected chi connectivity index (χ4v) is 9.42. The summed E-state index contributed by atoms with van der Waals surface area (Å²) >= 11 is 0. The van der Waals surface area contributed by atoms with Crippen LogP contribution in [0.5, 0.6) is 5.75 Å². The number of sulfonamides is 1. The average Bonchev–Trinajstić information content (AvgIpc) is 3.36. The third kappa shape index (κ3) is 4.04. The Morgan fingerprint density at radius 2 is 1.74 bits per heavy atom. The molecule has 7 rings (SSSR count). The molecule has 1 saturated heterocycles. The lowest BCUT2D eigenvalue weighted by molar-refractivity contribution is -0.127. The van der Waals surface area contributed by atoms with E-state index in [9.17, 15) is 18.0 Å². The van der Waals surface area contributed by atoms with Crippen molar-refractivity contribution in [2.24, 2.45) is 23.2 Å². The first kappa shape index (κ1) is 23.3. The topological polar surface area (TPSA) is 96.0 Å². The van der Waals surface area contributed by atoms with Gasteiger partial charge in [0.05, 0.1) is 10.6 Å². The second-order valence-corrected chi connectivity index (χ2v) is 13.5. The van der Waals surface area contributed by atoms with E-state index in [1.165, 1.54) is 59.9 Å². The maximum absolute atomic E-state index is 13.2. The van der Waals surface area contributed by atoms with Crippen LogP contribution < -0.4 is 15.0 Å². The van der Waals surface area contributed by atoms with Crippen molar-refractivity contribution in [1.29, 1.82) is 0 Å². The Morgan fingerprint density at radius 1 is 1.11 bits per heavy atom. The predicted molar refractivity (Wildman–Crippen MR) is 130 cm³/mol. The molecule has 0 radical (unpaired) electrons. The van der Waals surface area contributed by atoms with Crippen molar-refractivity contribution in [1.82, 2.24) is 9.62 Å². The zero-order valence-corrected chi connectivity index (χ0v) is 21.2. The van der Waals surface area contributed by atoms with E-state index in [0.717, 1.165) is 30.6 Å². The summed E-state index contributed by atoms with van der Waals surface area (Å²) in [5, 5.41) is 3.23. The first-order valence-electron chi connectivity index (χ1n) is 13.1. The van der Waals surface area contributed by atoms with E-state index < -0.39 is 10.0 Å². The Balaban J connectivity index is 1.20. The maximum Gasteiger partial charge on any atom is 0.265 e. The maximum atomic E-state index is 13.2. The lowest BCUT2D eigenvalue weighted by atomic mass is 9.48. The molecular formula is C26H35N3O5S. The Labute approximate surface area is 207 Å². The molecule has 1 aromatic rings. The van der Waals surface area contributed by atoms with Crippen molar-refractivity contribution in [2.75, 3.05) is 31.1 Å². The number of fused-ring (bicyclic) bond motifs is 1. The number of hydrogen-bond acceptors (Lipinski definition) is 5. The molecule has 0 unspecified atom stereocenters. The summed E-state index contributed by atoms with van der Waals surface area (Å²) in [7, 11) is -3.65. The number of rotatable bonds is 6. The summed E-state index contributed by atoms with van der Waals surface area (Å²) < 4.78 is 33.2. The molecule has 0 aromatic heterocycles. The van der Waals surface area contributed by atoms with Gasteiger partial charge < -0.3 is 10.1 Å². The molecule has 2 amide bonds. The summed E-state index contributed by atoms with van der Waals surface area (Å²) in [6, 6.07) is 4.65. The van der Waals surface area contributed by atoms with Crippen molar-refractivity contribution >= 4 is 27.5 Å². The minimum absolute atomic E-state index is 0.0564. The predicted octanol–water partition coefficient (Wildman–Crippen LogP) is 2.92. The van der Waals surface area contributed by atoms with Crippen LogP contribution >= 0.6 is 0 Å². The van der Waals surface area contributed by atoms with Gasteiger partial charge in [-0.25, -0.2) is 8.42 Å². The van der Waals surface area contributed by atoms with Gasteiger partial charge in [0.15, 0.2) is 6.61 Å². The van der Waals surface area contributed by atoms with Gasteiger partial charge in [0, 0.05) is 19.1 Å². The van der Waals surface area contributed by atoms with Gasteiger partial charge in [0.1, 0.15) is 12.3 Å². The van der Waals surface area contributed by atoms with Crippen molar-refractivity contribution in [3.8, 4) is 5.75 Å². The number of benzene rings is 1. The molecule has 6 aliphatic rings. The van der Waals surface area contributed by atoms with E-state index in [-0.39, 0.29) is 41.3 Å². The van der Waals surface area contributed by atoms with Crippen molar-refractivity contribution in [3.05, 3.63) is 18.2 Å². The van der Waals surface area contributed by atoms with Crippen LogP contribution in [-0.2, 0) is 19.6 Å². The van der Waals surface area contributed by atoms with Gasteiger partial charge in [-0.3, -0.25) is 14.5 Å². The summed E-state index contributed by atoms with van der Waals surface area (Å²) in [6.45, 7) is 2.83. The highest BCUT2D eigenvalue weighted by molar-refractivity contribution is 7.89. The number of nitrogens with one attached hydrogen (secondary N) is 1. The van der Waals surface area contributed by atoms with Crippen LogP contribution in [0.2, 0.25) is 0 Å². The van der Waals surface area contributed by atoms with Crippen molar-refractivity contribution in [2.45, 2.75) is 69.2 Å². The highest BCUT2D eigenvalue weighted by atomic mass is 32.2. The highest BCUT2D eigenvalue weighted by Gasteiger charge is 2.53. The molecule has 1 N–H and O–H groups in total. The second kappa shape index (κ2) is 8.47. The molecular weight excluding hydrogens is 466 g/mol. The number of ether oxygens (including phenoxy) is 1. The highest BCUT2D eigenvalue weighted by Crippen LogP contribution is 2.61. The molecule has 35 heavy (non-hydrogen) atoms. The summed E-state index contributed by atoms with van der Waals surface area (Å²) in [4.78, 5) is 27.5. The zero-order chi connectivity index (χ0) is 24.4. The van der Waals surface area contributed by atoms with Gasteiger partial charge in [-0.05, 0) is 99.7 Å². The molecule has 2 aliphatic heterocycles. The van der Waals surface area contributed by atoms with Gasteiger partial charge in [0.25, 0.3) is 5.91 Å². The standard InChI is InChI=1S/C26H35N3O5S/c1-17(26-12-18-8-19(13-26)10-20(9-18)14-26)27-24(30)15-29-22-11-21(4-5-23(22)34-16-25(29)31)35(32,33)28-6-2-3-7-28/h4-5,11,17-20H,2-3,6-10,12-16H2,1H3,(H,27,30)/t17-,18?,19?,20?,26?/m1/s1. The minimum atomic E-state index is -3.65. The molecule has 8 nitrogen and oxygen atoms in total. The van der Waals surface area contributed by atoms with E-state index in [4.69, 9.17) is 4.74 Å². The first-order chi connectivity index (χ1) is 16.7. The van der Waals surface area contributed by atoms with Gasteiger partial charge in [0.2, 0.25) is 15.9 Å². The Morgan fingerprint density at radius 3 is 2.37 bits per heavy atom. The zero-order valence-electron chi connectivity index (χ0n) is 20.4. The Kier molecular flexibility index (Phi) is 5.64. The quantitative estimate of drug-likeness (QED) is 0.647. The third-order valence-electron chi connectivity index (χ3n) is 9.26. The van der Waals surface area contributed by atoms with E-state index in [0.29, 0.717) is 24.5 Å². The molecule has 1 atom stereocenters. The number of carbonyl (C=O) groups is 2. The number of amides is 2. The van der Waals surface area contributed by atoms with E-state index >= 15 is 0 Å². The molecule has 190 valence electrons. The van der Waals surface area contributed by atoms with E-state index in [1.54, 1.807) is 6.07 Å². The molecule has 2 heterocycles. The molecule has 1 aromatic carbocycles. The van der Waals surface area contributed by atoms with Crippen LogP contribution in [0.1, 0.15) is 58.3 Å². The first-order valence-corrected chi connectivity index (χ1v) is 14.5. The van der Waals surface area contributed by atoms with Gasteiger partial charge in [-0.2, -0.15) is 4.31 Å². The minimum Gasteiger partial charge on any atom is -0.482 e. The van der Waals surface area contributed by atoms with E-state index in [1.807, 2.05) is 0 Å². The lowest BCUT2D eigenvalue weighted by Crippen LogP contribution is -2.57. The van der Waals surface area contributed by atoms with Crippen LogP contribution in [0.3, 0.4) is 0 Å². The van der Waals surface area contributed by atoms with Gasteiger partial charge in [-0.1, -0.05) is 0 Å². The molecule has 0 spiro atoms. The average molecular weight is 502 g/mol. The van der Waals surface area contributed by atoms with Crippen LogP contribution in [0.25, 0.3) is 0 Å². The largest absolute Gasteiger partial charge is 0.482 e. The SMILES string of the molecule is C[C@@H](NC(=O)CN1C(=O)COc2ccc(S(=O)(=O)N3CCCC3)cc21)C12CC3CC(CC(C3)C1)C2.